The standard InChI is InChI=1S/C18H27NO5/c1-18(2,3)24-17(21)19-9-15(11-20)23-16(10-19)13-22-12-14-7-5-4-6-8-14/h4-8,15-16,20H,9-13H2,1-3H3. The maximum absolute atomic E-state index is 12.2. The molecule has 1 fully saturated rings. The molecular weight excluding hydrogens is 310 g/mol. The number of nitrogens with zero attached hydrogens (tertiary/aromatic N) is 1. The summed E-state index contributed by atoms with van der Waals surface area (Å²) in [5.74, 6) is 0. The topological polar surface area (TPSA) is 68.2 Å². The number of hydrogen-bond acceptors (Lipinski definition) is 5. The van der Waals surface area contributed by atoms with Crippen LogP contribution in [0.3, 0.4) is 0 Å². The van der Waals surface area contributed by atoms with Gasteiger partial charge in [0.1, 0.15) is 5.60 Å². The van der Waals surface area contributed by atoms with Crippen molar-refractivity contribution in [2.45, 2.75) is 45.2 Å². The predicted molar refractivity (Wildman–Crippen MR) is 89.7 cm³/mol. The highest BCUT2D eigenvalue weighted by Crippen LogP contribution is 2.16. The molecule has 1 aliphatic heterocycles. The van der Waals surface area contributed by atoms with Gasteiger partial charge in [0, 0.05) is 0 Å². The van der Waals surface area contributed by atoms with Gasteiger partial charge in [0.25, 0.3) is 0 Å². The number of amides is 1. The van der Waals surface area contributed by atoms with E-state index in [1.165, 1.54) is 0 Å². The first-order valence-corrected chi connectivity index (χ1v) is 8.23. The highest BCUT2D eigenvalue weighted by atomic mass is 16.6. The Labute approximate surface area is 143 Å². The summed E-state index contributed by atoms with van der Waals surface area (Å²) >= 11 is 0. The highest BCUT2D eigenvalue weighted by Gasteiger charge is 2.32. The molecule has 1 aromatic carbocycles. The summed E-state index contributed by atoms with van der Waals surface area (Å²) in [7, 11) is 0. The largest absolute Gasteiger partial charge is 0.444 e. The van der Waals surface area contributed by atoms with Crippen LogP contribution in [-0.4, -0.2) is 60.2 Å². The van der Waals surface area contributed by atoms with Crippen LogP contribution in [-0.2, 0) is 20.8 Å². The SMILES string of the molecule is CC(C)(C)OC(=O)N1CC(CO)OC(COCc2ccccc2)C1. The van der Waals surface area contributed by atoms with Crippen molar-refractivity contribution in [1.82, 2.24) is 4.90 Å². The molecule has 6 heteroatoms. The molecule has 1 heterocycles. The lowest BCUT2D eigenvalue weighted by atomic mass is 10.2. The second kappa shape index (κ2) is 8.46. The van der Waals surface area contributed by atoms with E-state index >= 15 is 0 Å². The summed E-state index contributed by atoms with van der Waals surface area (Å²) in [6, 6.07) is 9.86. The number of aliphatic hydroxyl groups is 1. The minimum absolute atomic E-state index is 0.144. The van der Waals surface area contributed by atoms with Crippen LogP contribution in [0.15, 0.2) is 30.3 Å². The van der Waals surface area contributed by atoms with E-state index in [4.69, 9.17) is 14.2 Å². The Morgan fingerprint density at radius 1 is 1.25 bits per heavy atom. The summed E-state index contributed by atoms with van der Waals surface area (Å²) in [6.07, 6.45) is -1.10. The van der Waals surface area contributed by atoms with Crippen LogP contribution >= 0.6 is 0 Å². The summed E-state index contributed by atoms with van der Waals surface area (Å²) in [6.45, 7) is 6.89. The minimum Gasteiger partial charge on any atom is -0.444 e. The molecule has 0 aliphatic carbocycles. The van der Waals surface area contributed by atoms with Crippen LogP contribution in [0.1, 0.15) is 26.3 Å². The van der Waals surface area contributed by atoms with Crippen molar-refractivity contribution in [3.63, 3.8) is 0 Å². The van der Waals surface area contributed by atoms with Crippen molar-refractivity contribution >= 4 is 6.09 Å². The van der Waals surface area contributed by atoms with Gasteiger partial charge < -0.3 is 24.2 Å². The molecule has 0 spiro atoms. The molecule has 0 saturated carbocycles. The molecule has 2 unspecified atom stereocenters. The van der Waals surface area contributed by atoms with Crippen LogP contribution in [0.4, 0.5) is 4.79 Å². The van der Waals surface area contributed by atoms with Gasteiger partial charge in [0.2, 0.25) is 0 Å². The van der Waals surface area contributed by atoms with Gasteiger partial charge in [-0.1, -0.05) is 30.3 Å². The predicted octanol–water partition coefficient (Wildman–Crippen LogP) is 2.20. The van der Waals surface area contributed by atoms with Gasteiger partial charge in [0.05, 0.1) is 45.1 Å². The van der Waals surface area contributed by atoms with Crippen LogP contribution in [0.5, 0.6) is 0 Å². The Hall–Kier alpha value is -1.63. The number of carbonyl (C=O) groups is 1. The molecule has 1 N–H and O–H groups in total. The van der Waals surface area contributed by atoms with E-state index < -0.39 is 17.8 Å². The number of benzene rings is 1. The van der Waals surface area contributed by atoms with Gasteiger partial charge in [-0.05, 0) is 26.3 Å². The molecule has 6 nitrogen and oxygen atoms in total. The molecule has 2 rings (SSSR count). The Kier molecular flexibility index (Phi) is 6.60. The zero-order valence-electron chi connectivity index (χ0n) is 14.6. The monoisotopic (exact) mass is 337 g/mol. The molecule has 24 heavy (non-hydrogen) atoms. The van der Waals surface area contributed by atoms with Crippen molar-refractivity contribution in [3.8, 4) is 0 Å². The maximum atomic E-state index is 12.2. The van der Waals surface area contributed by atoms with Gasteiger partial charge in [0.15, 0.2) is 0 Å². The molecule has 0 radical (unpaired) electrons. The normalized spacial score (nSPS) is 21.6. The summed E-state index contributed by atoms with van der Waals surface area (Å²) in [4.78, 5) is 13.8. The zero-order valence-corrected chi connectivity index (χ0v) is 14.6. The molecule has 0 bridgehead atoms. The Balaban J connectivity index is 1.86. The first-order chi connectivity index (χ1) is 11.4. The van der Waals surface area contributed by atoms with E-state index in [9.17, 15) is 9.90 Å². The molecular formula is C18H27NO5. The first kappa shape index (κ1) is 18.7. The zero-order chi connectivity index (χ0) is 17.6. The fourth-order valence-corrected chi connectivity index (χ4v) is 2.48. The van der Waals surface area contributed by atoms with Crippen molar-refractivity contribution in [3.05, 3.63) is 35.9 Å². The van der Waals surface area contributed by atoms with Crippen LogP contribution in [0.25, 0.3) is 0 Å². The quantitative estimate of drug-likeness (QED) is 0.892. The second-order valence-electron chi connectivity index (χ2n) is 6.95. The lowest BCUT2D eigenvalue weighted by Crippen LogP contribution is -2.53. The van der Waals surface area contributed by atoms with Gasteiger partial charge in [-0.3, -0.25) is 0 Å². The number of hydrogen-bond donors (Lipinski definition) is 1. The van der Waals surface area contributed by atoms with E-state index in [2.05, 4.69) is 0 Å². The fraction of sp³-hybridized carbons (Fsp3) is 0.611. The van der Waals surface area contributed by atoms with E-state index in [-0.39, 0.29) is 12.7 Å². The van der Waals surface area contributed by atoms with Crippen LogP contribution in [0.2, 0.25) is 0 Å². The maximum Gasteiger partial charge on any atom is 0.410 e. The highest BCUT2D eigenvalue weighted by molar-refractivity contribution is 5.68. The Morgan fingerprint density at radius 3 is 2.54 bits per heavy atom. The number of rotatable bonds is 5. The smallest absolute Gasteiger partial charge is 0.410 e. The Morgan fingerprint density at radius 2 is 1.92 bits per heavy atom. The average molecular weight is 337 g/mol. The van der Waals surface area contributed by atoms with E-state index in [0.717, 1.165) is 5.56 Å². The first-order valence-electron chi connectivity index (χ1n) is 8.23. The molecule has 1 aromatic rings. The van der Waals surface area contributed by atoms with Gasteiger partial charge in [-0.2, -0.15) is 0 Å². The fourth-order valence-electron chi connectivity index (χ4n) is 2.48. The summed E-state index contributed by atoms with van der Waals surface area (Å²) < 4.78 is 16.9. The third-order valence-electron chi connectivity index (χ3n) is 3.50. The van der Waals surface area contributed by atoms with Crippen LogP contribution in [0, 0.1) is 0 Å². The minimum atomic E-state index is -0.552. The van der Waals surface area contributed by atoms with E-state index in [1.807, 2.05) is 51.1 Å². The molecule has 0 aromatic heterocycles. The Bertz CT molecular complexity index is 514. The van der Waals surface area contributed by atoms with Crippen LogP contribution < -0.4 is 0 Å². The van der Waals surface area contributed by atoms with Gasteiger partial charge >= 0.3 is 6.09 Å². The van der Waals surface area contributed by atoms with Crippen molar-refractivity contribution in [1.29, 1.82) is 0 Å². The number of aliphatic hydroxyl groups excluding tert-OH is 1. The molecule has 1 aliphatic rings. The van der Waals surface area contributed by atoms with Crippen molar-refractivity contribution in [2.75, 3.05) is 26.3 Å². The van der Waals surface area contributed by atoms with Crippen molar-refractivity contribution < 1.29 is 24.1 Å². The van der Waals surface area contributed by atoms with Gasteiger partial charge in [-0.25, -0.2) is 4.79 Å². The second-order valence-corrected chi connectivity index (χ2v) is 6.95. The molecule has 2 atom stereocenters. The van der Waals surface area contributed by atoms with E-state index in [1.54, 1.807) is 4.90 Å². The molecule has 1 amide bonds. The third-order valence-corrected chi connectivity index (χ3v) is 3.50. The summed E-state index contributed by atoms with van der Waals surface area (Å²) in [5.41, 5.74) is 0.527. The lowest BCUT2D eigenvalue weighted by molar-refractivity contribution is -0.126. The molecule has 1 saturated heterocycles. The van der Waals surface area contributed by atoms with E-state index in [0.29, 0.717) is 26.3 Å². The third kappa shape index (κ3) is 6.11. The number of ether oxygens (including phenoxy) is 3. The van der Waals surface area contributed by atoms with Gasteiger partial charge in [-0.15, -0.1) is 0 Å². The molecule has 134 valence electrons. The number of morpholine rings is 1. The summed E-state index contributed by atoms with van der Waals surface area (Å²) in [5, 5.41) is 9.40. The number of carbonyl (C=O) groups excluding carboxylic acids is 1. The lowest BCUT2D eigenvalue weighted by Gasteiger charge is -2.37. The van der Waals surface area contributed by atoms with Crippen molar-refractivity contribution in [2.24, 2.45) is 0 Å². The average Bonchev–Trinajstić information content (AvgIpc) is 2.54.